The fraction of sp³-hybridized carbons (Fsp3) is 0.238. The van der Waals surface area contributed by atoms with Crippen molar-refractivity contribution in [2.24, 2.45) is 0 Å². The first-order valence-corrected chi connectivity index (χ1v) is 9.47. The summed E-state index contributed by atoms with van der Waals surface area (Å²) in [7, 11) is 0. The number of nitrogens with zero attached hydrogens (tertiary/aromatic N) is 1. The molecule has 0 saturated carbocycles. The third kappa shape index (κ3) is 3.94. The number of anilines is 2. The second kappa shape index (κ2) is 7.70. The Kier molecular flexibility index (Phi) is 5.38. The third-order valence-electron chi connectivity index (χ3n) is 4.34. The zero-order valence-corrected chi connectivity index (χ0v) is 16.0. The van der Waals surface area contributed by atoms with Crippen LogP contribution in [-0.2, 0) is 6.42 Å². The molecule has 0 unspecified atom stereocenters. The van der Waals surface area contributed by atoms with Crippen LogP contribution in [0.15, 0.2) is 42.5 Å². The van der Waals surface area contributed by atoms with Gasteiger partial charge in [-0.2, -0.15) is 0 Å². The van der Waals surface area contributed by atoms with Gasteiger partial charge in [0.25, 0.3) is 0 Å². The lowest BCUT2D eigenvalue weighted by atomic mass is 10.0. The molecule has 0 bridgehead atoms. The molecule has 3 aromatic rings. The van der Waals surface area contributed by atoms with Crippen LogP contribution in [0.25, 0.3) is 11.3 Å². The van der Waals surface area contributed by atoms with Crippen molar-refractivity contribution >= 4 is 28.1 Å². The van der Waals surface area contributed by atoms with E-state index in [1.165, 1.54) is 16.0 Å². The van der Waals surface area contributed by atoms with Crippen molar-refractivity contribution in [1.82, 2.24) is 4.98 Å². The predicted octanol–water partition coefficient (Wildman–Crippen LogP) is 5.82. The van der Waals surface area contributed by atoms with E-state index < -0.39 is 5.97 Å². The van der Waals surface area contributed by atoms with Gasteiger partial charge >= 0.3 is 5.97 Å². The van der Waals surface area contributed by atoms with Gasteiger partial charge in [0.05, 0.1) is 11.3 Å². The molecule has 3 rings (SSSR count). The van der Waals surface area contributed by atoms with Gasteiger partial charge < -0.3 is 10.4 Å². The average Bonchev–Trinajstić information content (AvgIpc) is 3.00. The first-order chi connectivity index (χ1) is 12.5. The van der Waals surface area contributed by atoms with E-state index in [1.54, 1.807) is 35.6 Å². The van der Waals surface area contributed by atoms with Crippen molar-refractivity contribution < 1.29 is 9.90 Å². The number of carboxylic acids is 1. The van der Waals surface area contributed by atoms with Crippen LogP contribution < -0.4 is 5.32 Å². The van der Waals surface area contributed by atoms with Crippen LogP contribution in [0, 0.1) is 13.8 Å². The molecular weight excluding hydrogens is 344 g/mol. The van der Waals surface area contributed by atoms with Crippen LogP contribution in [-0.4, -0.2) is 16.1 Å². The molecule has 0 radical (unpaired) electrons. The van der Waals surface area contributed by atoms with Crippen molar-refractivity contribution in [2.75, 3.05) is 5.32 Å². The van der Waals surface area contributed by atoms with Crippen molar-refractivity contribution in [3.8, 4) is 11.3 Å². The molecule has 0 aliphatic carbocycles. The Balaban J connectivity index is 1.91. The van der Waals surface area contributed by atoms with E-state index in [0.717, 1.165) is 34.9 Å². The topological polar surface area (TPSA) is 62.2 Å². The van der Waals surface area contributed by atoms with Crippen molar-refractivity contribution in [3.63, 3.8) is 0 Å². The van der Waals surface area contributed by atoms with Crippen LogP contribution in [0.2, 0.25) is 0 Å². The fourth-order valence-corrected chi connectivity index (χ4v) is 3.84. The van der Waals surface area contributed by atoms with Gasteiger partial charge in [-0.15, -0.1) is 11.3 Å². The zero-order valence-electron chi connectivity index (χ0n) is 15.2. The lowest BCUT2D eigenvalue weighted by Gasteiger charge is -2.05. The summed E-state index contributed by atoms with van der Waals surface area (Å²) in [5, 5.41) is 13.1. The Morgan fingerprint density at radius 1 is 1.12 bits per heavy atom. The van der Waals surface area contributed by atoms with E-state index in [9.17, 15) is 4.79 Å². The quantitative estimate of drug-likeness (QED) is 0.577. The summed E-state index contributed by atoms with van der Waals surface area (Å²) >= 11 is 1.66. The second-order valence-corrected chi connectivity index (χ2v) is 7.43. The monoisotopic (exact) mass is 366 g/mol. The molecule has 1 aromatic heterocycles. The highest BCUT2D eigenvalue weighted by atomic mass is 32.1. The smallest absolute Gasteiger partial charge is 0.335 e. The molecular formula is C21H22N2O2S. The number of thiazole rings is 1. The van der Waals surface area contributed by atoms with Gasteiger partial charge in [-0.25, -0.2) is 9.78 Å². The summed E-state index contributed by atoms with van der Waals surface area (Å²) in [5.41, 5.74) is 5.82. The molecule has 134 valence electrons. The first kappa shape index (κ1) is 18.1. The Morgan fingerprint density at radius 2 is 1.85 bits per heavy atom. The molecule has 26 heavy (non-hydrogen) atoms. The van der Waals surface area contributed by atoms with Gasteiger partial charge in [-0.1, -0.05) is 25.5 Å². The van der Waals surface area contributed by atoms with E-state index in [4.69, 9.17) is 10.1 Å². The molecule has 2 aromatic carbocycles. The SMILES string of the molecule is CCCc1sc(Nc2ccc(C(=O)O)cc2)nc1-c1ccc(C)c(C)c1. The van der Waals surface area contributed by atoms with Crippen LogP contribution in [0.1, 0.15) is 39.7 Å². The van der Waals surface area contributed by atoms with Crippen LogP contribution >= 0.6 is 11.3 Å². The number of aryl methyl sites for hydroxylation is 3. The highest BCUT2D eigenvalue weighted by Gasteiger charge is 2.14. The second-order valence-electron chi connectivity index (χ2n) is 6.35. The number of rotatable bonds is 6. The fourth-order valence-electron chi connectivity index (χ4n) is 2.74. The molecule has 0 atom stereocenters. The molecule has 0 fully saturated rings. The Labute approximate surface area is 157 Å². The summed E-state index contributed by atoms with van der Waals surface area (Å²) in [6.07, 6.45) is 2.05. The Hall–Kier alpha value is -2.66. The van der Waals surface area contributed by atoms with Gasteiger partial charge in [0, 0.05) is 16.1 Å². The summed E-state index contributed by atoms with van der Waals surface area (Å²) < 4.78 is 0. The molecule has 0 amide bonds. The van der Waals surface area contributed by atoms with E-state index in [-0.39, 0.29) is 5.56 Å². The normalized spacial score (nSPS) is 10.7. The maximum atomic E-state index is 11.0. The molecule has 0 spiro atoms. The number of carboxylic acid groups (broad SMARTS) is 1. The minimum Gasteiger partial charge on any atom is -0.478 e. The van der Waals surface area contributed by atoms with Gasteiger partial charge in [0.15, 0.2) is 5.13 Å². The largest absolute Gasteiger partial charge is 0.478 e. The first-order valence-electron chi connectivity index (χ1n) is 8.65. The average molecular weight is 366 g/mol. The minimum atomic E-state index is -0.923. The Bertz CT molecular complexity index is 930. The summed E-state index contributed by atoms with van der Waals surface area (Å²) in [4.78, 5) is 17.0. The minimum absolute atomic E-state index is 0.275. The molecule has 5 heteroatoms. The van der Waals surface area contributed by atoms with Gasteiger partial charge in [-0.05, 0) is 61.7 Å². The number of nitrogens with one attached hydrogen (secondary N) is 1. The molecule has 1 heterocycles. The Morgan fingerprint density at radius 3 is 2.46 bits per heavy atom. The highest BCUT2D eigenvalue weighted by Crippen LogP contribution is 2.34. The molecule has 0 aliphatic rings. The summed E-state index contributed by atoms with van der Waals surface area (Å²) in [5.74, 6) is -0.923. The lowest BCUT2D eigenvalue weighted by molar-refractivity contribution is 0.0697. The number of benzene rings is 2. The highest BCUT2D eigenvalue weighted by molar-refractivity contribution is 7.16. The zero-order chi connectivity index (χ0) is 18.7. The van der Waals surface area contributed by atoms with Crippen molar-refractivity contribution in [3.05, 3.63) is 64.0 Å². The van der Waals surface area contributed by atoms with Gasteiger partial charge in [-0.3, -0.25) is 0 Å². The number of carbonyl (C=O) groups is 1. The number of hydrogen-bond acceptors (Lipinski definition) is 4. The summed E-state index contributed by atoms with van der Waals surface area (Å²) in [6, 6.07) is 13.2. The molecule has 0 saturated heterocycles. The van der Waals surface area contributed by atoms with E-state index in [2.05, 4.69) is 44.3 Å². The van der Waals surface area contributed by atoms with E-state index in [1.807, 2.05) is 0 Å². The maximum absolute atomic E-state index is 11.0. The van der Waals surface area contributed by atoms with Crippen LogP contribution in [0.4, 0.5) is 10.8 Å². The van der Waals surface area contributed by atoms with E-state index in [0.29, 0.717) is 0 Å². The number of aromatic nitrogens is 1. The maximum Gasteiger partial charge on any atom is 0.335 e. The standard InChI is InChI=1S/C21H22N2O2S/c1-4-5-18-19(16-7-6-13(2)14(3)12-16)23-21(26-18)22-17-10-8-15(9-11-17)20(24)25/h6-12H,4-5H2,1-3H3,(H,22,23)(H,24,25). The third-order valence-corrected chi connectivity index (χ3v) is 5.37. The molecule has 4 nitrogen and oxygen atoms in total. The van der Waals surface area contributed by atoms with Crippen molar-refractivity contribution in [1.29, 1.82) is 0 Å². The summed E-state index contributed by atoms with van der Waals surface area (Å²) in [6.45, 7) is 6.40. The molecule has 2 N–H and O–H groups in total. The number of aromatic carboxylic acids is 1. The van der Waals surface area contributed by atoms with Gasteiger partial charge in [0.1, 0.15) is 0 Å². The predicted molar refractivity (Wildman–Crippen MR) is 108 cm³/mol. The van der Waals surface area contributed by atoms with Crippen molar-refractivity contribution in [2.45, 2.75) is 33.6 Å². The molecule has 0 aliphatic heterocycles. The number of hydrogen-bond donors (Lipinski definition) is 2. The van der Waals surface area contributed by atoms with Gasteiger partial charge in [0.2, 0.25) is 0 Å². The lowest BCUT2D eigenvalue weighted by Crippen LogP contribution is -1.96. The van der Waals surface area contributed by atoms with Crippen LogP contribution in [0.3, 0.4) is 0 Å². The van der Waals surface area contributed by atoms with E-state index >= 15 is 0 Å². The van der Waals surface area contributed by atoms with Crippen LogP contribution in [0.5, 0.6) is 0 Å².